The van der Waals surface area contributed by atoms with Crippen molar-refractivity contribution in [1.82, 2.24) is 10.2 Å². The molecule has 1 heterocycles. The van der Waals surface area contributed by atoms with Crippen LogP contribution in [0.15, 0.2) is 22.7 Å². The number of halogens is 2. The molecular formula is C15H20BrClN2O2. The highest BCUT2D eigenvalue weighted by atomic mass is 79.9. The largest absolute Gasteiger partial charge is 0.450 e. The van der Waals surface area contributed by atoms with Crippen molar-refractivity contribution in [2.45, 2.75) is 32.4 Å². The average Bonchev–Trinajstić information content (AvgIpc) is 2.47. The van der Waals surface area contributed by atoms with Crippen LogP contribution < -0.4 is 5.32 Å². The number of carbonyl (C=O) groups excluding carboxylic acids is 1. The van der Waals surface area contributed by atoms with Crippen LogP contribution in [-0.4, -0.2) is 36.7 Å². The Kier molecular flexibility index (Phi) is 6.33. The van der Waals surface area contributed by atoms with Gasteiger partial charge >= 0.3 is 6.09 Å². The molecule has 1 N–H and O–H groups in total. The van der Waals surface area contributed by atoms with E-state index in [2.05, 4.69) is 21.2 Å². The first kappa shape index (κ1) is 16.6. The van der Waals surface area contributed by atoms with Gasteiger partial charge in [-0.1, -0.05) is 33.6 Å². The molecule has 0 radical (unpaired) electrons. The van der Waals surface area contributed by atoms with Gasteiger partial charge in [-0.3, -0.25) is 0 Å². The van der Waals surface area contributed by atoms with Crippen molar-refractivity contribution in [2.75, 3.05) is 19.7 Å². The molecule has 1 aliphatic heterocycles. The maximum absolute atomic E-state index is 11.6. The second-order valence-electron chi connectivity index (χ2n) is 5.08. The van der Waals surface area contributed by atoms with Crippen LogP contribution >= 0.6 is 27.5 Å². The van der Waals surface area contributed by atoms with E-state index in [-0.39, 0.29) is 6.09 Å². The highest BCUT2D eigenvalue weighted by Crippen LogP contribution is 2.22. The molecule has 0 unspecified atom stereocenters. The Morgan fingerprint density at radius 3 is 2.81 bits per heavy atom. The van der Waals surface area contributed by atoms with Crippen LogP contribution in [0, 0.1) is 0 Å². The molecule has 1 fully saturated rings. The van der Waals surface area contributed by atoms with Gasteiger partial charge in [0.2, 0.25) is 0 Å². The summed E-state index contributed by atoms with van der Waals surface area (Å²) in [5.74, 6) is 0. The maximum Gasteiger partial charge on any atom is 0.409 e. The summed E-state index contributed by atoms with van der Waals surface area (Å²) in [6.45, 7) is 4.55. The quantitative estimate of drug-likeness (QED) is 0.870. The van der Waals surface area contributed by atoms with Gasteiger partial charge < -0.3 is 15.0 Å². The zero-order valence-electron chi connectivity index (χ0n) is 12.1. The van der Waals surface area contributed by atoms with Gasteiger partial charge in [-0.2, -0.15) is 0 Å². The first-order valence-corrected chi connectivity index (χ1v) is 8.36. The van der Waals surface area contributed by atoms with Gasteiger partial charge in [-0.25, -0.2) is 4.79 Å². The lowest BCUT2D eigenvalue weighted by Gasteiger charge is -2.31. The predicted octanol–water partition coefficient (Wildman–Crippen LogP) is 3.81. The molecule has 2 rings (SSSR count). The first-order valence-electron chi connectivity index (χ1n) is 7.19. The minimum absolute atomic E-state index is 0.198. The van der Waals surface area contributed by atoms with E-state index in [4.69, 9.17) is 16.3 Å². The van der Waals surface area contributed by atoms with E-state index in [0.717, 1.165) is 42.0 Å². The van der Waals surface area contributed by atoms with Crippen LogP contribution in [0.2, 0.25) is 5.02 Å². The van der Waals surface area contributed by atoms with E-state index in [0.29, 0.717) is 12.6 Å². The summed E-state index contributed by atoms with van der Waals surface area (Å²) in [6.07, 6.45) is 1.70. The van der Waals surface area contributed by atoms with Gasteiger partial charge in [0.05, 0.1) is 6.61 Å². The highest BCUT2D eigenvalue weighted by molar-refractivity contribution is 9.10. The van der Waals surface area contributed by atoms with Gasteiger partial charge in [0.25, 0.3) is 0 Å². The Hall–Kier alpha value is -0.780. The van der Waals surface area contributed by atoms with Gasteiger partial charge in [0, 0.05) is 35.2 Å². The van der Waals surface area contributed by atoms with Crippen LogP contribution in [0.4, 0.5) is 4.79 Å². The number of amides is 1. The summed E-state index contributed by atoms with van der Waals surface area (Å²) in [4.78, 5) is 13.4. The van der Waals surface area contributed by atoms with Crippen LogP contribution in [0.3, 0.4) is 0 Å². The molecule has 1 saturated heterocycles. The Balaban J connectivity index is 1.77. The summed E-state index contributed by atoms with van der Waals surface area (Å²) in [5.41, 5.74) is 1.19. The summed E-state index contributed by atoms with van der Waals surface area (Å²) in [5, 5.41) is 4.27. The molecule has 1 aromatic rings. The molecule has 4 nitrogen and oxygen atoms in total. The molecule has 0 aromatic heterocycles. The molecular weight excluding hydrogens is 356 g/mol. The van der Waals surface area contributed by atoms with Crippen molar-refractivity contribution >= 4 is 33.6 Å². The number of piperidine rings is 1. The Morgan fingerprint density at radius 1 is 1.48 bits per heavy atom. The lowest BCUT2D eigenvalue weighted by atomic mass is 10.0. The molecule has 0 atom stereocenters. The lowest BCUT2D eigenvalue weighted by molar-refractivity contribution is 0.0950. The highest BCUT2D eigenvalue weighted by Gasteiger charge is 2.23. The number of hydrogen-bond acceptors (Lipinski definition) is 3. The molecule has 6 heteroatoms. The van der Waals surface area contributed by atoms with Gasteiger partial charge in [0.1, 0.15) is 0 Å². The molecule has 0 aliphatic carbocycles. The summed E-state index contributed by atoms with van der Waals surface area (Å²) < 4.78 is 6.04. The summed E-state index contributed by atoms with van der Waals surface area (Å²) in [7, 11) is 0. The molecule has 116 valence electrons. The molecule has 1 aromatic carbocycles. The fourth-order valence-electron chi connectivity index (χ4n) is 2.40. The first-order chi connectivity index (χ1) is 10.1. The van der Waals surface area contributed by atoms with Gasteiger partial charge in [-0.15, -0.1) is 0 Å². The van der Waals surface area contributed by atoms with E-state index >= 15 is 0 Å². The number of benzene rings is 1. The van der Waals surface area contributed by atoms with Crippen LogP contribution in [0.5, 0.6) is 0 Å². The number of nitrogens with one attached hydrogen (secondary N) is 1. The molecule has 0 spiro atoms. The summed E-state index contributed by atoms with van der Waals surface area (Å²) in [6, 6.07) is 6.25. The summed E-state index contributed by atoms with van der Waals surface area (Å²) >= 11 is 9.46. The van der Waals surface area contributed by atoms with E-state index in [9.17, 15) is 4.79 Å². The van der Waals surface area contributed by atoms with E-state index in [1.807, 2.05) is 25.1 Å². The van der Waals surface area contributed by atoms with Crippen molar-refractivity contribution in [3.8, 4) is 0 Å². The van der Waals surface area contributed by atoms with Crippen LogP contribution in [0.25, 0.3) is 0 Å². The minimum atomic E-state index is -0.198. The third-order valence-corrected chi connectivity index (χ3v) is 4.59. The smallest absolute Gasteiger partial charge is 0.409 e. The monoisotopic (exact) mass is 374 g/mol. The SMILES string of the molecule is CCOC(=O)N1CCC(NCc2ccc(Cl)cc2Br)CC1. The van der Waals surface area contributed by atoms with Gasteiger partial charge in [0.15, 0.2) is 0 Å². The van der Waals surface area contributed by atoms with E-state index < -0.39 is 0 Å². The van der Waals surface area contributed by atoms with Crippen molar-refractivity contribution in [1.29, 1.82) is 0 Å². The average molecular weight is 376 g/mol. The lowest BCUT2D eigenvalue weighted by Crippen LogP contribution is -2.44. The zero-order chi connectivity index (χ0) is 15.2. The number of ether oxygens (including phenoxy) is 1. The van der Waals surface area contributed by atoms with E-state index in [1.54, 1.807) is 4.90 Å². The number of carbonyl (C=O) groups is 1. The van der Waals surface area contributed by atoms with Crippen molar-refractivity contribution in [3.05, 3.63) is 33.3 Å². The minimum Gasteiger partial charge on any atom is -0.450 e. The normalized spacial score (nSPS) is 16.0. The third-order valence-electron chi connectivity index (χ3n) is 3.62. The fourth-order valence-corrected chi connectivity index (χ4v) is 3.22. The Bertz CT molecular complexity index is 491. The molecule has 1 amide bonds. The molecule has 0 saturated carbocycles. The molecule has 1 aliphatic rings. The second-order valence-corrected chi connectivity index (χ2v) is 6.37. The van der Waals surface area contributed by atoms with Crippen LogP contribution in [0.1, 0.15) is 25.3 Å². The Morgan fingerprint density at radius 2 is 2.19 bits per heavy atom. The van der Waals surface area contributed by atoms with Crippen molar-refractivity contribution in [3.63, 3.8) is 0 Å². The standard InChI is InChI=1S/C15H20BrClN2O2/c1-2-21-15(20)19-7-5-13(6-8-19)18-10-11-3-4-12(17)9-14(11)16/h3-4,9,13,18H,2,5-8,10H2,1H3. The van der Waals surface area contributed by atoms with Gasteiger partial charge in [-0.05, 0) is 37.5 Å². The van der Waals surface area contributed by atoms with E-state index in [1.165, 1.54) is 5.56 Å². The van der Waals surface area contributed by atoms with Crippen LogP contribution in [-0.2, 0) is 11.3 Å². The fraction of sp³-hybridized carbons (Fsp3) is 0.533. The van der Waals surface area contributed by atoms with Crippen molar-refractivity contribution in [2.24, 2.45) is 0 Å². The third kappa shape index (κ3) is 4.87. The number of rotatable bonds is 4. The number of hydrogen-bond donors (Lipinski definition) is 1. The second kappa shape index (κ2) is 8.01. The topological polar surface area (TPSA) is 41.6 Å². The van der Waals surface area contributed by atoms with Crippen molar-refractivity contribution < 1.29 is 9.53 Å². The number of nitrogens with zero attached hydrogens (tertiary/aromatic N) is 1. The Labute approximate surface area is 138 Å². The molecule has 0 bridgehead atoms. The predicted molar refractivity (Wildman–Crippen MR) is 87.6 cm³/mol. The molecule has 21 heavy (non-hydrogen) atoms. The maximum atomic E-state index is 11.6. The zero-order valence-corrected chi connectivity index (χ0v) is 14.4. The number of likely N-dealkylation sites (tertiary alicyclic amines) is 1.